The van der Waals surface area contributed by atoms with Gasteiger partial charge in [0.2, 0.25) is 0 Å². The van der Waals surface area contributed by atoms with E-state index in [4.69, 9.17) is 25.1 Å². The lowest BCUT2D eigenvalue weighted by atomic mass is 10.4. The molecule has 128 valence electrons. The maximum atomic E-state index is 11.1. The van der Waals surface area contributed by atoms with Crippen molar-refractivity contribution in [1.82, 2.24) is 0 Å². The van der Waals surface area contributed by atoms with Gasteiger partial charge in [0, 0.05) is 5.75 Å². The lowest BCUT2D eigenvalue weighted by Crippen LogP contribution is -2.04. The minimum atomic E-state index is -3.75. The number of thioether (sulfide) groups is 1. The van der Waals surface area contributed by atoms with Crippen LogP contribution in [0, 0.1) is 5.41 Å². The van der Waals surface area contributed by atoms with Crippen molar-refractivity contribution in [2.24, 2.45) is 5.73 Å². The van der Waals surface area contributed by atoms with Gasteiger partial charge in [0.15, 0.2) is 5.17 Å². The molecule has 0 spiro atoms. The van der Waals surface area contributed by atoms with Crippen molar-refractivity contribution < 1.29 is 18.5 Å². The van der Waals surface area contributed by atoms with E-state index in [0.717, 1.165) is 37.9 Å². The highest BCUT2D eigenvalue weighted by atomic mass is 32.2. The maximum absolute atomic E-state index is 11.1. The lowest BCUT2D eigenvalue weighted by Gasteiger charge is -2.10. The van der Waals surface area contributed by atoms with Crippen molar-refractivity contribution in [2.75, 3.05) is 19.0 Å². The quantitative estimate of drug-likeness (QED) is 0.226. The van der Waals surface area contributed by atoms with Crippen molar-refractivity contribution in [3.63, 3.8) is 0 Å². The van der Waals surface area contributed by atoms with Crippen LogP contribution in [-0.4, -0.2) is 29.0 Å². The van der Waals surface area contributed by atoms with Crippen LogP contribution in [0.2, 0.25) is 0 Å². The Morgan fingerprint density at radius 1 is 1.10 bits per heavy atom. The molecule has 0 aromatic carbocycles. The number of amidine groups is 1. The topological polar surface area (TPSA) is 106 Å². The molecule has 8 heteroatoms. The summed E-state index contributed by atoms with van der Waals surface area (Å²) in [6.45, 7) is 6.68. The van der Waals surface area contributed by atoms with E-state index in [9.17, 15) is 4.57 Å². The molecule has 0 aromatic heterocycles. The van der Waals surface area contributed by atoms with Crippen LogP contribution in [0.3, 0.4) is 0 Å². The van der Waals surface area contributed by atoms with Gasteiger partial charge in [-0.2, -0.15) is 0 Å². The Balaban J connectivity index is 0. The fraction of sp³-hybridized carbons (Fsp3) is 0.923. The SMILES string of the molecule is CCCCOP(=O)(O)OCCCC.CCCCSC(=N)N. The number of nitrogens with two attached hydrogens (primary N) is 1. The molecule has 0 aromatic rings. The van der Waals surface area contributed by atoms with Crippen molar-refractivity contribution in [3.05, 3.63) is 0 Å². The van der Waals surface area contributed by atoms with Gasteiger partial charge in [-0.15, -0.1) is 0 Å². The summed E-state index contributed by atoms with van der Waals surface area (Å²) < 4.78 is 20.5. The van der Waals surface area contributed by atoms with E-state index in [1.807, 2.05) is 13.8 Å². The van der Waals surface area contributed by atoms with Crippen LogP contribution < -0.4 is 5.73 Å². The molecule has 0 heterocycles. The van der Waals surface area contributed by atoms with Gasteiger partial charge in [-0.1, -0.05) is 51.8 Å². The van der Waals surface area contributed by atoms with E-state index in [1.54, 1.807) is 0 Å². The first-order valence-electron chi connectivity index (χ1n) is 7.48. The van der Waals surface area contributed by atoms with Crippen molar-refractivity contribution in [2.45, 2.75) is 59.3 Å². The Morgan fingerprint density at radius 2 is 1.52 bits per heavy atom. The first-order valence-corrected chi connectivity index (χ1v) is 9.96. The molecular formula is C13H31N2O4PS. The third kappa shape index (κ3) is 22.4. The third-order valence-corrected chi connectivity index (χ3v) is 4.08. The molecule has 0 saturated heterocycles. The fourth-order valence-corrected chi connectivity index (χ4v) is 2.46. The molecule has 0 rings (SSSR count). The Bertz CT molecular complexity index is 279. The van der Waals surface area contributed by atoms with Crippen LogP contribution in [0.1, 0.15) is 59.3 Å². The van der Waals surface area contributed by atoms with Crippen LogP contribution in [-0.2, 0) is 13.6 Å². The second-order valence-corrected chi connectivity index (χ2v) is 7.00. The van der Waals surface area contributed by atoms with E-state index < -0.39 is 7.82 Å². The second kappa shape index (κ2) is 16.3. The monoisotopic (exact) mass is 342 g/mol. The summed E-state index contributed by atoms with van der Waals surface area (Å²) in [5.41, 5.74) is 5.08. The van der Waals surface area contributed by atoms with Crippen molar-refractivity contribution >= 4 is 24.8 Å². The van der Waals surface area contributed by atoms with Crippen LogP contribution in [0.15, 0.2) is 0 Å². The fourth-order valence-electron chi connectivity index (χ4n) is 1.01. The molecule has 0 aliphatic rings. The highest BCUT2D eigenvalue weighted by molar-refractivity contribution is 8.13. The second-order valence-electron chi connectivity index (χ2n) is 4.41. The van der Waals surface area contributed by atoms with Crippen LogP contribution in [0.5, 0.6) is 0 Å². The molecule has 0 radical (unpaired) electrons. The van der Waals surface area contributed by atoms with Gasteiger partial charge in [-0.3, -0.25) is 14.5 Å². The molecule has 0 amide bonds. The number of rotatable bonds is 11. The highest BCUT2D eigenvalue weighted by Crippen LogP contribution is 2.43. The lowest BCUT2D eigenvalue weighted by molar-refractivity contribution is 0.146. The van der Waals surface area contributed by atoms with Crippen LogP contribution in [0.25, 0.3) is 0 Å². The minimum Gasteiger partial charge on any atom is -0.379 e. The third-order valence-electron chi connectivity index (χ3n) is 2.26. The summed E-state index contributed by atoms with van der Waals surface area (Å²) in [5, 5.41) is 7.05. The standard InChI is InChI=1S/C8H19O4P.C5H12N2S/c1-3-5-7-11-13(9,10)12-8-6-4-2;1-2-3-4-8-5(6)7/h3-8H2,1-2H3,(H,9,10);2-4H2,1H3,(H3,6,7). The summed E-state index contributed by atoms with van der Waals surface area (Å²) in [6.07, 6.45) is 5.78. The highest BCUT2D eigenvalue weighted by Gasteiger charge is 2.19. The van der Waals surface area contributed by atoms with Gasteiger partial charge in [-0.05, 0) is 19.3 Å². The summed E-state index contributed by atoms with van der Waals surface area (Å²) in [6, 6.07) is 0. The van der Waals surface area contributed by atoms with E-state index in [0.29, 0.717) is 0 Å². The summed E-state index contributed by atoms with van der Waals surface area (Å²) >= 11 is 1.42. The van der Waals surface area contributed by atoms with Crippen LogP contribution in [0.4, 0.5) is 0 Å². The minimum absolute atomic E-state index is 0.235. The number of phosphoric ester groups is 1. The van der Waals surface area contributed by atoms with E-state index in [2.05, 4.69) is 6.92 Å². The number of unbranched alkanes of at least 4 members (excludes halogenated alkanes) is 3. The van der Waals surface area contributed by atoms with Gasteiger partial charge in [-0.25, -0.2) is 4.57 Å². The van der Waals surface area contributed by atoms with Gasteiger partial charge >= 0.3 is 7.82 Å². The van der Waals surface area contributed by atoms with Crippen molar-refractivity contribution in [3.8, 4) is 0 Å². The number of phosphoric acid groups is 1. The Hall–Kier alpha value is -0.0700. The molecule has 0 saturated carbocycles. The van der Waals surface area contributed by atoms with E-state index >= 15 is 0 Å². The molecular weight excluding hydrogens is 311 g/mol. The zero-order valence-corrected chi connectivity index (χ0v) is 15.2. The summed E-state index contributed by atoms with van der Waals surface area (Å²) in [5.74, 6) is 0.992. The number of hydrogen-bond acceptors (Lipinski definition) is 5. The molecule has 21 heavy (non-hydrogen) atoms. The predicted molar refractivity (Wildman–Crippen MR) is 90.8 cm³/mol. The normalized spacial score (nSPS) is 10.9. The average Bonchev–Trinajstić information content (AvgIpc) is 2.40. The van der Waals surface area contributed by atoms with Gasteiger partial charge < -0.3 is 10.6 Å². The van der Waals surface area contributed by atoms with Crippen LogP contribution >= 0.6 is 19.6 Å². The molecule has 0 atom stereocenters. The van der Waals surface area contributed by atoms with Gasteiger partial charge in [0.1, 0.15) is 0 Å². The zero-order valence-electron chi connectivity index (χ0n) is 13.5. The average molecular weight is 342 g/mol. The Kier molecular flexibility index (Phi) is 18.0. The van der Waals surface area contributed by atoms with E-state index in [1.165, 1.54) is 18.2 Å². The molecule has 0 aliphatic carbocycles. The number of hydrogen-bond donors (Lipinski definition) is 3. The predicted octanol–water partition coefficient (Wildman–Crippen LogP) is 4.13. The molecule has 6 nitrogen and oxygen atoms in total. The van der Waals surface area contributed by atoms with E-state index in [-0.39, 0.29) is 18.4 Å². The smallest absolute Gasteiger partial charge is 0.379 e. The largest absolute Gasteiger partial charge is 0.472 e. The molecule has 4 N–H and O–H groups in total. The maximum Gasteiger partial charge on any atom is 0.472 e. The first-order chi connectivity index (χ1) is 9.89. The Labute approximate surface area is 133 Å². The molecule has 0 aliphatic heterocycles. The summed E-state index contributed by atoms with van der Waals surface area (Å²) in [7, 11) is -3.75. The first kappa shape index (κ1) is 23.2. The van der Waals surface area contributed by atoms with Gasteiger partial charge in [0.25, 0.3) is 0 Å². The van der Waals surface area contributed by atoms with Crippen molar-refractivity contribution in [1.29, 1.82) is 5.41 Å². The molecule has 0 fully saturated rings. The zero-order chi connectivity index (χ0) is 16.6. The Morgan fingerprint density at radius 3 is 1.86 bits per heavy atom. The molecule has 0 bridgehead atoms. The van der Waals surface area contributed by atoms with Gasteiger partial charge in [0.05, 0.1) is 13.2 Å². The summed E-state index contributed by atoms with van der Waals surface area (Å²) in [4.78, 5) is 9.08. The number of nitrogens with one attached hydrogen (secondary N) is 1. The molecule has 0 unspecified atom stereocenters.